The molecule has 4 heteroatoms. The normalized spacial score (nSPS) is 10.3. The number of rotatable bonds is 5. The first-order valence-corrected chi connectivity index (χ1v) is 5.11. The van der Waals surface area contributed by atoms with Gasteiger partial charge in [0.25, 0.3) is 0 Å². The van der Waals surface area contributed by atoms with E-state index in [1.807, 2.05) is 0 Å². The molecule has 1 aromatic rings. The van der Waals surface area contributed by atoms with Gasteiger partial charge in [-0.3, -0.25) is 4.79 Å². The van der Waals surface area contributed by atoms with E-state index >= 15 is 0 Å². The van der Waals surface area contributed by atoms with Gasteiger partial charge in [0, 0.05) is 24.4 Å². The molecule has 0 aliphatic heterocycles. The Morgan fingerprint density at radius 1 is 1.53 bits per heavy atom. The third-order valence-corrected chi connectivity index (χ3v) is 2.41. The second-order valence-electron chi connectivity index (χ2n) is 3.30. The van der Waals surface area contributed by atoms with Crippen molar-refractivity contribution in [3.05, 3.63) is 34.6 Å². The summed E-state index contributed by atoms with van der Waals surface area (Å²) in [7, 11) is 1.79. The number of ketones is 1. The van der Waals surface area contributed by atoms with E-state index < -0.39 is 0 Å². The summed E-state index contributed by atoms with van der Waals surface area (Å²) in [6.45, 7) is 0.650. The number of hydrogen-bond acceptors (Lipinski definition) is 2. The average Bonchev–Trinajstić information content (AvgIpc) is 2.19. The predicted octanol–water partition coefficient (Wildman–Crippen LogP) is 2.20. The zero-order chi connectivity index (χ0) is 11.3. The minimum atomic E-state index is -0.383. The highest BCUT2D eigenvalue weighted by atomic mass is 35.5. The van der Waals surface area contributed by atoms with E-state index in [2.05, 4.69) is 5.32 Å². The Morgan fingerprint density at radius 2 is 2.27 bits per heavy atom. The summed E-state index contributed by atoms with van der Waals surface area (Å²) in [6.07, 6.45) is 0.727. The van der Waals surface area contributed by atoms with Crippen LogP contribution in [-0.2, 0) is 11.2 Å². The van der Waals surface area contributed by atoms with E-state index in [0.717, 1.165) is 0 Å². The van der Waals surface area contributed by atoms with Crippen molar-refractivity contribution in [2.24, 2.45) is 0 Å². The Kier molecular flexibility index (Phi) is 4.72. The topological polar surface area (TPSA) is 29.1 Å². The van der Waals surface area contributed by atoms with Gasteiger partial charge in [0.05, 0.1) is 0 Å². The molecular weight excluding hydrogens is 217 g/mol. The smallest absolute Gasteiger partial charge is 0.138 e. The molecular formula is C11H13ClFNO. The summed E-state index contributed by atoms with van der Waals surface area (Å²) in [5.41, 5.74) is 0.680. The van der Waals surface area contributed by atoms with E-state index in [4.69, 9.17) is 11.6 Å². The molecule has 82 valence electrons. The van der Waals surface area contributed by atoms with Crippen molar-refractivity contribution in [3.8, 4) is 0 Å². The fourth-order valence-corrected chi connectivity index (χ4v) is 1.46. The van der Waals surface area contributed by atoms with Gasteiger partial charge in [-0.1, -0.05) is 17.7 Å². The highest BCUT2D eigenvalue weighted by Crippen LogP contribution is 2.18. The number of hydrogen-bond donors (Lipinski definition) is 1. The molecule has 0 spiro atoms. The van der Waals surface area contributed by atoms with Crippen LogP contribution in [0.2, 0.25) is 5.02 Å². The Labute approximate surface area is 93.4 Å². The number of halogens is 2. The van der Waals surface area contributed by atoms with Crippen LogP contribution in [0.5, 0.6) is 0 Å². The highest BCUT2D eigenvalue weighted by molar-refractivity contribution is 6.31. The Balaban J connectivity index is 2.60. The second-order valence-corrected chi connectivity index (χ2v) is 3.71. The number of carbonyl (C=O) groups excluding carboxylic acids is 1. The molecule has 0 saturated carbocycles. The van der Waals surface area contributed by atoms with Crippen molar-refractivity contribution in [1.29, 1.82) is 0 Å². The van der Waals surface area contributed by atoms with Crippen molar-refractivity contribution in [3.63, 3.8) is 0 Å². The van der Waals surface area contributed by atoms with Gasteiger partial charge in [0.2, 0.25) is 0 Å². The van der Waals surface area contributed by atoms with E-state index in [1.54, 1.807) is 13.1 Å². The summed E-state index contributed by atoms with van der Waals surface area (Å²) in [6, 6.07) is 4.09. The minimum Gasteiger partial charge on any atom is -0.319 e. The summed E-state index contributed by atoms with van der Waals surface area (Å²) in [5.74, 6) is -0.288. The molecule has 0 heterocycles. The van der Waals surface area contributed by atoms with Crippen molar-refractivity contribution in [1.82, 2.24) is 5.32 Å². The van der Waals surface area contributed by atoms with Crippen LogP contribution in [0.4, 0.5) is 4.39 Å². The third-order valence-electron chi connectivity index (χ3n) is 2.06. The largest absolute Gasteiger partial charge is 0.319 e. The molecule has 0 aromatic heterocycles. The maximum Gasteiger partial charge on any atom is 0.138 e. The maximum absolute atomic E-state index is 12.7. The molecule has 0 aliphatic rings. The molecule has 0 bridgehead atoms. The molecule has 0 radical (unpaired) electrons. The van der Waals surface area contributed by atoms with Gasteiger partial charge in [-0.25, -0.2) is 4.39 Å². The maximum atomic E-state index is 12.7. The van der Waals surface area contributed by atoms with Crippen LogP contribution in [0.25, 0.3) is 0 Å². The summed E-state index contributed by atoms with van der Waals surface area (Å²) in [4.78, 5) is 11.4. The molecule has 15 heavy (non-hydrogen) atoms. The van der Waals surface area contributed by atoms with Crippen LogP contribution in [0.1, 0.15) is 12.0 Å². The zero-order valence-electron chi connectivity index (χ0n) is 8.52. The lowest BCUT2D eigenvalue weighted by Crippen LogP contribution is -2.14. The van der Waals surface area contributed by atoms with Gasteiger partial charge in [-0.2, -0.15) is 0 Å². The molecule has 0 fully saturated rings. The first kappa shape index (κ1) is 12.1. The highest BCUT2D eigenvalue weighted by Gasteiger charge is 2.07. The lowest BCUT2D eigenvalue weighted by molar-refractivity contribution is -0.118. The van der Waals surface area contributed by atoms with Crippen LogP contribution >= 0.6 is 11.6 Å². The molecule has 1 aromatic carbocycles. The van der Waals surface area contributed by atoms with Crippen molar-refractivity contribution in [2.45, 2.75) is 12.8 Å². The molecule has 1 N–H and O–H groups in total. The quantitative estimate of drug-likeness (QED) is 0.839. The molecule has 0 amide bonds. The van der Waals surface area contributed by atoms with Gasteiger partial charge >= 0.3 is 0 Å². The number of Topliss-reactive ketones (excluding diaryl/α,β-unsaturated/α-hetero) is 1. The Morgan fingerprint density at radius 3 is 2.87 bits per heavy atom. The van der Waals surface area contributed by atoms with Crippen LogP contribution in [0.3, 0.4) is 0 Å². The van der Waals surface area contributed by atoms with Crippen LogP contribution in [0, 0.1) is 5.82 Å². The van der Waals surface area contributed by atoms with Gasteiger partial charge in [-0.05, 0) is 24.7 Å². The molecule has 0 atom stereocenters. The van der Waals surface area contributed by atoms with Crippen molar-refractivity contribution in [2.75, 3.05) is 13.6 Å². The van der Waals surface area contributed by atoms with E-state index in [-0.39, 0.29) is 18.0 Å². The second kappa shape index (κ2) is 5.83. The fourth-order valence-electron chi connectivity index (χ4n) is 1.23. The molecule has 2 nitrogen and oxygen atoms in total. The Hall–Kier alpha value is -0.930. The third kappa shape index (κ3) is 3.98. The number of nitrogens with one attached hydrogen (secondary N) is 1. The number of carbonyl (C=O) groups is 1. The minimum absolute atomic E-state index is 0.0952. The molecule has 0 aliphatic carbocycles. The van der Waals surface area contributed by atoms with Crippen molar-refractivity contribution >= 4 is 17.4 Å². The summed E-state index contributed by atoms with van der Waals surface area (Å²) >= 11 is 5.80. The van der Waals surface area contributed by atoms with Crippen LogP contribution in [-0.4, -0.2) is 19.4 Å². The summed E-state index contributed by atoms with van der Waals surface area (Å²) in [5, 5.41) is 3.21. The summed E-state index contributed by atoms with van der Waals surface area (Å²) < 4.78 is 12.7. The zero-order valence-corrected chi connectivity index (χ0v) is 9.27. The monoisotopic (exact) mass is 229 g/mol. The van der Waals surface area contributed by atoms with Crippen LogP contribution < -0.4 is 5.32 Å². The molecule has 0 saturated heterocycles. The first-order chi connectivity index (χ1) is 7.13. The standard InChI is InChI=1S/C11H13ClFNO/c1-14-5-4-10(15)6-8-2-3-9(13)7-11(8)12/h2-3,7,14H,4-6H2,1H3. The van der Waals surface area contributed by atoms with Gasteiger partial charge < -0.3 is 5.32 Å². The number of benzene rings is 1. The Bertz CT molecular complexity index is 354. The fraction of sp³-hybridized carbons (Fsp3) is 0.364. The van der Waals surface area contributed by atoms with Gasteiger partial charge in [0.15, 0.2) is 0 Å². The van der Waals surface area contributed by atoms with Gasteiger partial charge in [0.1, 0.15) is 11.6 Å². The first-order valence-electron chi connectivity index (χ1n) is 4.73. The lowest BCUT2D eigenvalue weighted by Gasteiger charge is -2.03. The average molecular weight is 230 g/mol. The van der Waals surface area contributed by atoms with E-state index in [0.29, 0.717) is 23.6 Å². The molecule has 0 unspecified atom stereocenters. The SMILES string of the molecule is CNCCC(=O)Cc1ccc(F)cc1Cl. The van der Waals surface area contributed by atoms with E-state index in [9.17, 15) is 9.18 Å². The van der Waals surface area contributed by atoms with E-state index in [1.165, 1.54) is 12.1 Å². The molecule has 1 rings (SSSR count). The van der Waals surface area contributed by atoms with Crippen molar-refractivity contribution < 1.29 is 9.18 Å². The van der Waals surface area contributed by atoms with Gasteiger partial charge in [-0.15, -0.1) is 0 Å². The van der Waals surface area contributed by atoms with Crippen LogP contribution in [0.15, 0.2) is 18.2 Å². The lowest BCUT2D eigenvalue weighted by atomic mass is 10.1. The predicted molar refractivity (Wildman–Crippen MR) is 58.7 cm³/mol.